The van der Waals surface area contributed by atoms with E-state index in [-0.39, 0.29) is 35.0 Å². The Morgan fingerprint density at radius 1 is 1.27 bits per heavy atom. The molecule has 0 aliphatic heterocycles. The van der Waals surface area contributed by atoms with Crippen LogP contribution in [0.2, 0.25) is 0 Å². The van der Waals surface area contributed by atoms with Crippen molar-refractivity contribution in [1.82, 2.24) is 0 Å². The number of nitro groups is 1. The van der Waals surface area contributed by atoms with Crippen molar-refractivity contribution in [3.05, 3.63) is 34.4 Å². The van der Waals surface area contributed by atoms with Crippen LogP contribution in [0, 0.1) is 10.1 Å². The summed E-state index contributed by atoms with van der Waals surface area (Å²) in [6.45, 7) is 0. The summed E-state index contributed by atoms with van der Waals surface area (Å²) in [7, 11) is -4.61. The van der Waals surface area contributed by atoms with Crippen LogP contribution in [0.1, 0.15) is 0 Å². The molecule has 78 valence electrons. The van der Waals surface area contributed by atoms with Gasteiger partial charge in [0.2, 0.25) is 0 Å². The molecule has 0 aliphatic rings. The first-order chi connectivity index (χ1) is 5.91. The van der Waals surface area contributed by atoms with Gasteiger partial charge in [-0.1, -0.05) is 6.07 Å². The van der Waals surface area contributed by atoms with Gasteiger partial charge in [-0.2, -0.15) is 0 Å². The number of hydrogen-bond acceptors (Lipinski definition) is 5. The van der Waals surface area contributed by atoms with Crippen molar-refractivity contribution >= 4 is 15.8 Å². The van der Waals surface area contributed by atoms with E-state index in [0.717, 1.165) is 24.3 Å². The zero-order chi connectivity index (χ0) is 10.1. The Bertz CT molecular complexity index is 445. The largest absolute Gasteiger partial charge is 1.00 e. The Kier molecular flexibility index (Phi) is 6.94. The molecular formula is C6H6NNaO6S. The minimum Gasteiger partial charge on any atom is -0.744 e. The Hall–Kier alpha value is -0.510. The maximum atomic E-state index is 10.4. The number of benzene rings is 1. The molecule has 0 unspecified atom stereocenters. The van der Waals surface area contributed by atoms with Gasteiger partial charge in [0, 0.05) is 12.1 Å². The van der Waals surface area contributed by atoms with Crippen molar-refractivity contribution in [2.45, 2.75) is 4.90 Å². The normalized spacial score (nSPS) is 9.67. The third-order valence-electron chi connectivity index (χ3n) is 1.32. The van der Waals surface area contributed by atoms with Crippen LogP contribution in [-0.4, -0.2) is 23.4 Å². The van der Waals surface area contributed by atoms with E-state index in [2.05, 4.69) is 0 Å². The topological polar surface area (TPSA) is 132 Å². The van der Waals surface area contributed by atoms with Gasteiger partial charge in [0.05, 0.1) is 9.82 Å². The molecule has 0 saturated heterocycles. The molecule has 0 saturated carbocycles. The number of nitro benzene ring substituents is 1. The predicted octanol–water partition coefficient (Wildman–Crippen LogP) is -3.32. The second kappa shape index (κ2) is 6.16. The van der Waals surface area contributed by atoms with Crippen LogP contribution >= 0.6 is 0 Å². The summed E-state index contributed by atoms with van der Waals surface area (Å²) in [6.07, 6.45) is 0. The van der Waals surface area contributed by atoms with Crippen molar-refractivity contribution < 1.29 is 52.9 Å². The van der Waals surface area contributed by atoms with E-state index >= 15 is 0 Å². The van der Waals surface area contributed by atoms with Crippen LogP contribution < -0.4 is 29.6 Å². The molecule has 0 aromatic heterocycles. The van der Waals surface area contributed by atoms with E-state index in [9.17, 15) is 23.1 Å². The van der Waals surface area contributed by atoms with Crippen LogP contribution in [0.5, 0.6) is 0 Å². The number of non-ortho nitro benzene ring substituents is 1. The molecule has 0 fully saturated rings. The van der Waals surface area contributed by atoms with Crippen LogP contribution in [0.3, 0.4) is 0 Å². The van der Waals surface area contributed by atoms with Crippen molar-refractivity contribution in [3.63, 3.8) is 0 Å². The Balaban J connectivity index is 0. The maximum absolute atomic E-state index is 10.4. The summed E-state index contributed by atoms with van der Waals surface area (Å²) in [4.78, 5) is 8.82. The summed E-state index contributed by atoms with van der Waals surface area (Å²) in [6, 6.07) is 3.98. The Labute approximate surface area is 108 Å². The van der Waals surface area contributed by atoms with Crippen LogP contribution in [0.4, 0.5) is 5.69 Å². The van der Waals surface area contributed by atoms with Crippen LogP contribution in [0.15, 0.2) is 29.2 Å². The minimum absolute atomic E-state index is 0. The second-order valence-corrected chi connectivity index (χ2v) is 3.59. The van der Waals surface area contributed by atoms with E-state index in [1.54, 1.807) is 0 Å². The Morgan fingerprint density at radius 3 is 2.20 bits per heavy atom. The zero-order valence-corrected chi connectivity index (χ0v) is 10.5. The molecule has 9 heteroatoms. The summed E-state index contributed by atoms with van der Waals surface area (Å²) in [5, 5.41) is 10.2. The fraction of sp³-hybridized carbons (Fsp3) is 0. The van der Waals surface area contributed by atoms with Crippen molar-refractivity contribution in [3.8, 4) is 0 Å². The average Bonchev–Trinajstić information content (AvgIpc) is 2.03. The number of hydrogen-bond donors (Lipinski definition) is 0. The van der Waals surface area contributed by atoms with E-state index < -0.39 is 25.6 Å². The first-order valence-electron chi connectivity index (χ1n) is 3.11. The summed E-state index contributed by atoms with van der Waals surface area (Å²) < 4.78 is 31.3. The average molecular weight is 243 g/mol. The van der Waals surface area contributed by atoms with Gasteiger partial charge in [0.15, 0.2) is 0 Å². The summed E-state index contributed by atoms with van der Waals surface area (Å²) >= 11 is 0. The van der Waals surface area contributed by atoms with Crippen molar-refractivity contribution in [2.24, 2.45) is 0 Å². The third kappa shape index (κ3) is 4.69. The van der Waals surface area contributed by atoms with Gasteiger partial charge < -0.3 is 10.0 Å². The van der Waals surface area contributed by atoms with E-state index in [4.69, 9.17) is 0 Å². The molecule has 0 aliphatic carbocycles. The monoisotopic (exact) mass is 243 g/mol. The van der Waals surface area contributed by atoms with Gasteiger partial charge in [-0.05, 0) is 6.07 Å². The molecular weight excluding hydrogens is 237 g/mol. The molecule has 1 aromatic rings. The fourth-order valence-electron chi connectivity index (χ4n) is 0.753. The molecule has 0 amide bonds. The molecule has 15 heavy (non-hydrogen) atoms. The molecule has 2 N–H and O–H groups in total. The number of rotatable bonds is 2. The van der Waals surface area contributed by atoms with Gasteiger partial charge in [-0.3, -0.25) is 10.1 Å². The third-order valence-corrected chi connectivity index (χ3v) is 2.15. The molecule has 1 rings (SSSR count). The Morgan fingerprint density at radius 2 is 1.80 bits per heavy atom. The second-order valence-electron chi connectivity index (χ2n) is 2.21. The molecule has 7 nitrogen and oxygen atoms in total. The summed E-state index contributed by atoms with van der Waals surface area (Å²) in [5.41, 5.74) is -0.420. The van der Waals surface area contributed by atoms with Gasteiger partial charge >= 0.3 is 29.6 Å². The molecule has 0 spiro atoms. The smallest absolute Gasteiger partial charge is 0.744 e. The fourth-order valence-corrected chi connectivity index (χ4v) is 1.26. The molecule has 0 bridgehead atoms. The van der Waals surface area contributed by atoms with Gasteiger partial charge in [-0.15, -0.1) is 0 Å². The standard InChI is InChI=1S/C6H5NO5S.Na.H2O/c8-7(9)5-2-1-3-6(4-5)13(10,11)12;;/h1-4H,(H,10,11,12);;1H2/q;+1;/p-1. The predicted molar refractivity (Wildman–Crippen MR) is 44.7 cm³/mol. The van der Waals surface area contributed by atoms with Gasteiger partial charge in [-0.25, -0.2) is 8.42 Å². The van der Waals surface area contributed by atoms with Crippen LogP contribution in [0.25, 0.3) is 0 Å². The number of nitrogens with zero attached hydrogens (tertiary/aromatic N) is 1. The molecule has 0 atom stereocenters. The maximum Gasteiger partial charge on any atom is 1.00 e. The SMILES string of the molecule is O.O=[N+]([O-])c1cccc(S(=O)(=O)[O-])c1.[Na+]. The van der Waals surface area contributed by atoms with E-state index in [0.29, 0.717) is 0 Å². The summed E-state index contributed by atoms with van der Waals surface area (Å²) in [5.74, 6) is 0. The zero-order valence-electron chi connectivity index (χ0n) is 7.71. The minimum atomic E-state index is -4.61. The van der Waals surface area contributed by atoms with E-state index in [1.165, 1.54) is 0 Å². The van der Waals surface area contributed by atoms with Gasteiger partial charge in [0.1, 0.15) is 10.1 Å². The molecule has 1 aromatic carbocycles. The van der Waals surface area contributed by atoms with Gasteiger partial charge in [0.25, 0.3) is 5.69 Å². The van der Waals surface area contributed by atoms with Crippen molar-refractivity contribution in [1.29, 1.82) is 0 Å². The van der Waals surface area contributed by atoms with Crippen molar-refractivity contribution in [2.75, 3.05) is 0 Å². The molecule has 0 heterocycles. The van der Waals surface area contributed by atoms with Crippen LogP contribution in [-0.2, 0) is 10.1 Å². The molecule has 0 radical (unpaired) electrons. The quantitative estimate of drug-likeness (QED) is 0.232. The van der Waals surface area contributed by atoms with E-state index in [1.807, 2.05) is 0 Å². The first kappa shape index (κ1) is 16.9. The first-order valence-corrected chi connectivity index (χ1v) is 4.52.